The van der Waals surface area contributed by atoms with Crippen LogP contribution in [0.25, 0.3) is 0 Å². The second-order valence-electron chi connectivity index (χ2n) is 1.63. The molecule has 5 heteroatoms. The van der Waals surface area contributed by atoms with Gasteiger partial charge in [-0.3, -0.25) is 4.84 Å². The van der Waals surface area contributed by atoms with Crippen LogP contribution < -0.4 is 4.84 Å². The smallest absolute Gasteiger partial charge is 0.299 e. The number of para-hydroxylation sites is 1. The highest BCUT2D eigenvalue weighted by molar-refractivity contribution is 5.19. The summed E-state index contributed by atoms with van der Waals surface area (Å²) in [5.74, 6) is 0.243. The summed E-state index contributed by atoms with van der Waals surface area (Å²) in [6.07, 6.45) is 0. The van der Waals surface area contributed by atoms with Crippen LogP contribution in [0.1, 0.15) is 0 Å². The van der Waals surface area contributed by atoms with Crippen LogP contribution in [0.4, 0.5) is 0 Å². The molecule has 64 valence electrons. The third-order valence-corrected chi connectivity index (χ3v) is 0.923. The van der Waals surface area contributed by atoms with E-state index in [4.69, 9.17) is 4.79 Å². The highest BCUT2D eigenvalue weighted by Gasteiger charge is 1.94. The first-order chi connectivity index (χ1) is 5.79. The minimum Gasteiger partial charge on any atom is -0.307 e. The molecule has 0 fully saturated rings. The fourth-order valence-electron chi connectivity index (χ4n) is 0.567. The molecule has 0 bridgehead atoms. The standard InChI is InChI=1S/C6H5NO3.CH2O/c8-7(9)10-6-4-2-1-3-5-6;1-2/h1-5H;1H2. The number of carbonyl (C=O) groups is 1. The van der Waals surface area contributed by atoms with E-state index in [1.807, 2.05) is 6.79 Å². The monoisotopic (exact) mass is 169 g/mol. The summed E-state index contributed by atoms with van der Waals surface area (Å²) in [6, 6.07) is 8.12. The maximum Gasteiger partial charge on any atom is 0.299 e. The zero-order chi connectivity index (χ0) is 9.40. The van der Waals surface area contributed by atoms with Gasteiger partial charge in [0.1, 0.15) is 12.5 Å². The Labute approximate surface area is 68.7 Å². The van der Waals surface area contributed by atoms with E-state index in [0.29, 0.717) is 0 Å². The summed E-state index contributed by atoms with van der Waals surface area (Å²) in [4.78, 5) is 21.9. The van der Waals surface area contributed by atoms with Gasteiger partial charge in [0.25, 0.3) is 5.09 Å². The van der Waals surface area contributed by atoms with Crippen LogP contribution in [-0.2, 0) is 4.79 Å². The van der Waals surface area contributed by atoms with Crippen LogP contribution >= 0.6 is 0 Å². The lowest BCUT2D eigenvalue weighted by atomic mass is 10.3. The summed E-state index contributed by atoms with van der Waals surface area (Å²) < 4.78 is 0. The molecule has 0 saturated heterocycles. The van der Waals surface area contributed by atoms with Crippen molar-refractivity contribution in [1.29, 1.82) is 0 Å². The molecular weight excluding hydrogens is 162 g/mol. The lowest BCUT2D eigenvalue weighted by Gasteiger charge is -1.93. The zero-order valence-electron chi connectivity index (χ0n) is 6.17. The second kappa shape index (κ2) is 5.84. The third-order valence-electron chi connectivity index (χ3n) is 0.923. The van der Waals surface area contributed by atoms with Gasteiger partial charge >= 0.3 is 0 Å². The topological polar surface area (TPSA) is 69.4 Å². The van der Waals surface area contributed by atoms with E-state index in [9.17, 15) is 10.1 Å². The Morgan fingerprint density at radius 3 is 2.17 bits per heavy atom. The van der Waals surface area contributed by atoms with Crippen LogP contribution in [0, 0.1) is 10.1 Å². The molecule has 5 nitrogen and oxygen atoms in total. The van der Waals surface area contributed by atoms with Gasteiger partial charge in [-0.2, -0.15) is 0 Å². The van der Waals surface area contributed by atoms with Crippen molar-refractivity contribution in [3.8, 4) is 5.75 Å². The van der Waals surface area contributed by atoms with Crippen molar-refractivity contribution in [2.75, 3.05) is 0 Å². The average Bonchev–Trinajstić information content (AvgIpc) is 2.08. The minimum atomic E-state index is -0.838. The molecule has 1 aromatic rings. The van der Waals surface area contributed by atoms with Crippen LogP contribution in [0.3, 0.4) is 0 Å². The number of carbonyl (C=O) groups excluding carboxylic acids is 1. The summed E-state index contributed by atoms with van der Waals surface area (Å²) in [7, 11) is 0. The molecule has 0 saturated carbocycles. The number of hydrogen-bond donors (Lipinski definition) is 0. The Morgan fingerprint density at radius 1 is 1.25 bits per heavy atom. The van der Waals surface area contributed by atoms with E-state index < -0.39 is 5.09 Å². The Hall–Kier alpha value is -1.91. The second-order valence-corrected chi connectivity index (χ2v) is 1.63. The largest absolute Gasteiger partial charge is 0.307 e. The molecule has 0 radical (unpaired) electrons. The molecule has 12 heavy (non-hydrogen) atoms. The Balaban J connectivity index is 0.000000561. The van der Waals surface area contributed by atoms with Gasteiger partial charge in [-0.25, -0.2) is 0 Å². The molecule has 1 aromatic carbocycles. The van der Waals surface area contributed by atoms with Gasteiger partial charge in [-0.05, 0) is 12.1 Å². The molecule has 1 rings (SSSR count). The molecule has 0 unspecified atom stereocenters. The molecule has 0 heterocycles. The van der Waals surface area contributed by atoms with Crippen molar-refractivity contribution >= 4 is 6.79 Å². The van der Waals surface area contributed by atoms with Crippen LogP contribution in [0.15, 0.2) is 30.3 Å². The maximum atomic E-state index is 9.75. The first-order valence-corrected chi connectivity index (χ1v) is 2.95. The van der Waals surface area contributed by atoms with E-state index in [0.717, 1.165) is 0 Å². The van der Waals surface area contributed by atoms with Crippen molar-refractivity contribution < 1.29 is 14.7 Å². The highest BCUT2D eigenvalue weighted by Crippen LogP contribution is 2.07. The quantitative estimate of drug-likeness (QED) is 0.490. The predicted molar refractivity (Wildman–Crippen MR) is 41.2 cm³/mol. The third kappa shape index (κ3) is 3.99. The zero-order valence-corrected chi connectivity index (χ0v) is 6.17. The molecule has 0 spiro atoms. The molecule has 0 aliphatic carbocycles. The van der Waals surface area contributed by atoms with Gasteiger partial charge in [-0.15, -0.1) is 10.1 Å². The molecule has 0 aliphatic rings. The summed E-state index contributed by atoms with van der Waals surface area (Å²) in [6.45, 7) is 2.00. The lowest BCUT2D eigenvalue weighted by molar-refractivity contribution is -0.711. The lowest BCUT2D eigenvalue weighted by Crippen LogP contribution is -2.02. The molecule has 0 aromatic heterocycles. The predicted octanol–water partition coefficient (Wildman–Crippen LogP) is 1.07. The van der Waals surface area contributed by atoms with Gasteiger partial charge in [0.05, 0.1) is 0 Å². The Morgan fingerprint density at radius 2 is 1.75 bits per heavy atom. The first kappa shape index (κ1) is 10.1. The van der Waals surface area contributed by atoms with Crippen molar-refractivity contribution in [3.05, 3.63) is 40.4 Å². The molecule has 0 amide bonds. The average molecular weight is 169 g/mol. The summed E-state index contributed by atoms with van der Waals surface area (Å²) in [5, 5.41) is 8.91. The number of hydrogen-bond acceptors (Lipinski definition) is 4. The van der Waals surface area contributed by atoms with E-state index >= 15 is 0 Å². The molecular formula is C7H7NO4. The van der Waals surface area contributed by atoms with Crippen molar-refractivity contribution in [2.24, 2.45) is 0 Å². The van der Waals surface area contributed by atoms with Gasteiger partial charge in [0.15, 0.2) is 0 Å². The molecule has 0 N–H and O–H groups in total. The molecule has 0 aliphatic heterocycles. The van der Waals surface area contributed by atoms with E-state index in [2.05, 4.69) is 4.84 Å². The van der Waals surface area contributed by atoms with Gasteiger partial charge in [-0.1, -0.05) is 18.2 Å². The number of nitrogens with zero attached hydrogens (tertiary/aromatic N) is 1. The van der Waals surface area contributed by atoms with Crippen LogP contribution in [0.2, 0.25) is 0 Å². The minimum absolute atomic E-state index is 0.243. The van der Waals surface area contributed by atoms with Crippen LogP contribution in [0.5, 0.6) is 5.75 Å². The van der Waals surface area contributed by atoms with E-state index in [1.54, 1.807) is 18.2 Å². The van der Waals surface area contributed by atoms with Gasteiger partial charge in [0.2, 0.25) is 0 Å². The Bertz CT molecular complexity index is 236. The summed E-state index contributed by atoms with van der Waals surface area (Å²) in [5.41, 5.74) is 0. The number of benzene rings is 1. The summed E-state index contributed by atoms with van der Waals surface area (Å²) >= 11 is 0. The maximum absolute atomic E-state index is 9.75. The van der Waals surface area contributed by atoms with Crippen molar-refractivity contribution in [2.45, 2.75) is 0 Å². The highest BCUT2D eigenvalue weighted by atomic mass is 17.0. The van der Waals surface area contributed by atoms with E-state index in [-0.39, 0.29) is 5.75 Å². The Kier molecular flexibility index (Phi) is 4.91. The normalized spacial score (nSPS) is 7.67. The van der Waals surface area contributed by atoms with E-state index in [1.165, 1.54) is 12.1 Å². The first-order valence-electron chi connectivity index (χ1n) is 2.95. The fraction of sp³-hybridized carbons (Fsp3) is 0. The van der Waals surface area contributed by atoms with Gasteiger partial charge in [0, 0.05) is 0 Å². The number of rotatable bonds is 2. The van der Waals surface area contributed by atoms with Gasteiger partial charge < -0.3 is 4.79 Å². The SMILES string of the molecule is C=O.O=[N+]([O-])Oc1ccccc1. The fourth-order valence-corrected chi connectivity index (χ4v) is 0.567. The van der Waals surface area contributed by atoms with Crippen LogP contribution in [-0.4, -0.2) is 11.9 Å². The van der Waals surface area contributed by atoms with Crippen molar-refractivity contribution in [3.63, 3.8) is 0 Å². The van der Waals surface area contributed by atoms with Crippen molar-refractivity contribution in [1.82, 2.24) is 0 Å². The molecule has 0 atom stereocenters.